The molecule has 2 unspecified atom stereocenters. The van der Waals surface area contributed by atoms with Gasteiger partial charge in [-0.1, -0.05) is 11.6 Å². The first kappa shape index (κ1) is 13.6. The first-order chi connectivity index (χ1) is 8.58. The number of hydrogen-bond acceptors (Lipinski definition) is 4. The van der Waals surface area contributed by atoms with Crippen molar-refractivity contribution in [1.29, 1.82) is 0 Å². The van der Waals surface area contributed by atoms with Gasteiger partial charge >= 0.3 is 0 Å². The molecule has 1 fully saturated rings. The molecule has 18 heavy (non-hydrogen) atoms. The van der Waals surface area contributed by atoms with Gasteiger partial charge in [-0.05, 0) is 19.4 Å². The zero-order chi connectivity index (χ0) is 13.1. The van der Waals surface area contributed by atoms with Crippen molar-refractivity contribution in [3.8, 4) is 5.88 Å². The minimum absolute atomic E-state index is 0.142. The molecule has 0 saturated carbocycles. The number of aromatic nitrogens is 1. The highest BCUT2D eigenvalue weighted by molar-refractivity contribution is 6.31. The Balaban J connectivity index is 2.04. The third-order valence-corrected chi connectivity index (χ3v) is 3.41. The number of ether oxygens (including phenoxy) is 2. The van der Waals surface area contributed by atoms with Crippen molar-refractivity contribution < 1.29 is 9.47 Å². The first-order valence-electron chi connectivity index (χ1n) is 6.25. The summed E-state index contributed by atoms with van der Waals surface area (Å²) >= 11 is 5.97. The fraction of sp³-hybridized carbons (Fsp3) is 0.615. The average molecular weight is 271 g/mol. The van der Waals surface area contributed by atoms with Crippen molar-refractivity contribution in [3.05, 3.63) is 22.8 Å². The second-order valence-electron chi connectivity index (χ2n) is 4.79. The molecule has 1 aromatic heterocycles. The van der Waals surface area contributed by atoms with Crippen LogP contribution >= 0.6 is 11.6 Å². The highest BCUT2D eigenvalue weighted by atomic mass is 35.5. The maximum Gasteiger partial charge on any atom is 0.213 e. The molecule has 4 nitrogen and oxygen atoms in total. The number of rotatable bonds is 3. The van der Waals surface area contributed by atoms with E-state index in [1.807, 2.05) is 6.07 Å². The summed E-state index contributed by atoms with van der Waals surface area (Å²) in [5, 5.41) is 0.582. The summed E-state index contributed by atoms with van der Waals surface area (Å²) in [7, 11) is 0. The van der Waals surface area contributed by atoms with Crippen molar-refractivity contribution in [2.45, 2.75) is 51.5 Å². The highest BCUT2D eigenvalue weighted by Gasteiger charge is 2.26. The lowest BCUT2D eigenvalue weighted by molar-refractivity contribution is -0.0729. The van der Waals surface area contributed by atoms with Gasteiger partial charge in [0.05, 0.1) is 17.2 Å². The second kappa shape index (κ2) is 5.87. The normalized spacial score (nSPS) is 28.1. The monoisotopic (exact) mass is 270 g/mol. The molecule has 1 aliphatic rings. The van der Waals surface area contributed by atoms with Crippen molar-refractivity contribution in [2.75, 3.05) is 0 Å². The Labute approximate surface area is 112 Å². The van der Waals surface area contributed by atoms with Gasteiger partial charge in [0.2, 0.25) is 5.88 Å². The van der Waals surface area contributed by atoms with Crippen LogP contribution in [0.5, 0.6) is 5.88 Å². The number of hydrogen-bond donors (Lipinski definition) is 1. The van der Waals surface area contributed by atoms with Crippen LogP contribution in [0.1, 0.15) is 32.3 Å². The lowest BCUT2D eigenvalue weighted by atomic mass is 10.0. The molecule has 100 valence electrons. The Hall–Kier alpha value is -0.840. The van der Waals surface area contributed by atoms with Gasteiger partial charge in [-0.3, -0.25) is 0 Å². The maximum atomic E-state index is 5.97. The molecule has 0 aromatic carbocycles. The lowest BCUT2D eigenvalue weighted by Gasteiger charge is -2.32. The van der Waals surface area contributed by atoms with Gasteiger partial charge in [-0.25, -0.2) is 4.98 Å². The van der Waals surface area contributed by atoms with Gasteiger partial charge < -0.3 is 15.2 Å². The van der Waals surface area contributed by atoms with Crippen molar-refractivity contribution in [3.63, 3.8) is 0 Å². The molecule has 2 N–H and O–H groups in total. The highest BCUT2D eigenvalue weighted by Crippen LogP contribution is 2.25. The summed E-state index contributed by atoms with van der Waals surface area (Å²) in [6, 6.07) is 1.81. The standard InChI is InChI=1S/C13H19ClN2O2/c1-8-3-11(4-9(2)17-8)18-13-5-10(6-15)12(14)7-16-13/h5,7-9,11H,3-4,6,15H2,1-2H3. The predicted octanol–water partition coefficient (Wildman–Crippen LogP) is 2.53. The molecule has 2 atom stereocenters. The fourth-order valence-electron chi connectivity index (χ4n) is 2.29. The van der Waals surface area contributed by atoms with Crippen LogP contribution < -0.4 is 10.5 Å². The zero-order valence-electron chi connectivity index (χ0n) is 10.7. The Morgan fingerprint density at radius 3 is 2.72 bits per heavy atom. The predicted molar refractivity (Wildman–Crippen MR) is 70.8 cm³/mol. The van der Waals surface area contributed by atoms with Gasteiger partial charge in [-0.15, -0.1) is 0 Å². The molecular formula is C13H19ClN2O2. The lowest BCUT2D eigenvalue weighted by Crippen LogP contribution is -2.35. The smallest absolute Gasteiger partial charge is 0.213 e. The van der Waals surface area contributed by atoms with Crippen LogP contribution in [0.3, 0.4) is 0 Å². The molecule has 2 rings (SSSR count). The summed E-state index contributed by atoms with van der Waals surface area (Å²) in [6.45, 7) is 4.51. The van der Waals surface area contributed by atoms with E-state index in [0.717, 1.165) is 18.4 Å². The van der Waals surface area contributed by atoms with Crippen molar-refractivity contribution >= 4 is 11.6 Å². The Morgan fingerprint density at radius 2 is 2.11 bits per heavy atom. The van der Waals surface area contributed by atoms with Crippen LogP contribution in [0.2, 0.25) is 5.02 Å². The van der Waals surface area contributed by atoms with Gasteiger partial charge in [0.1, 0.15) is 6.10 Å². The van der Waals surface area contributed by atoms with E-state index in [2.05, 4.69) is 18.8 Å². The Bertz CT molecular complexity index is 404. The average Bonchev–Trinajstić information content (AvgIpc) is 2.30. The summed E-state index contributed by atoms with van der Waals surface area (Å²) < 4.78 is 11.6. The van der Waals surface area contributed by atoms with Crippen LogP contribution in [-0.2, 0) is 11.3 Å². The minimum atomic E-state index is 0.142. The first-order valence-corrected chi connectivity index (χ1v) is 6.63. The quantitative estimate of drug-likeness (QED) is 0.917. The van der Waals surface area contributed by atoms with Crippen LogP contribution in [0, 0.1) is 0 Å². The summed E-state index contributed by atoms with van der Waals surface area (Å²) in [6.07, 6.45) is 3.94. The van der Waals surface area contributed by atoms with Crippen LogP contribution in [0.4, 0.5) is 0 Å². The summed E-state index contributed by atoms with van der Waals surface area (Å²) in [4.78, 5) is 4.18. The molecular weight excluding hydrogens is 252 g/mol. The maximum absolute atomic E-state index is 5.97. The SMILES string of the molecule is CC1CC(Oc2cc(CN)c(Cl)cn2)CC(C)O1. The van der Waals surface area contributed by atoms with Crippen LogP contribution in [0.25, 0.3) is 0 Å². The third-order valence-electron chi connectivity index (χ3n) is 3.07. The molecule has 0 radical (unpaired) electrons. The number of nitrogens with zero attached hydrogens (tertiary/aromatic N) is 1. The van der Waals surface area contributed by atoms with E-state index >= 15 is 0 Å². The topological polar surface area (TPSA) is 57.4 Å². The molecule has 1 aliphatic heterocycles. The molecule has 2 heterocycles. The minimum Gasteiger partial charge on any atom is -0.474 e. The van der Waals surface area contributed by atoms with Crippen molar-refractivity contribution in [1.82, 2.24) is 4.98 Å². The van der Waals surface area contributed by atoms with E-state index in [1.165, 1.54) is 0 Å². The zero-order valence-corrected chi connectivity index (χ0v) is 11.5. The van der Waals surface area contributed by atoms with E-state index < -0.39 is 0 Å². The molecule has 0 spiro atoms. The molecule has 0 amide bonds. The fourth-order valence-corrected chi connectivity index (χ4v) is 2.47. The largest absolute Gasteiger partial charge is 0.474 e. The van der Waals surface area contributed by atoms with Crippen LogP contribution in [0.15, 0.2) is 12.3 Å². The van der Waals surface area contributed by atoms with Crippen LogP contribution in [-0.4, -0.2) is 23.3 Å². The summed E-state index contributed by atoms with van der Waals surface area (Å²) in [5.41, 5.74) is 6.47. The van der Waals surface area contributed by atoms with E-state index in [4.69, 9.17) is 26.8 Å². The van der Waals surface area contributed by atoms with E-state index in [-0.39, 0.29) is 18.3 Å². The Kier molecular flexibility index (Phi) is 4.43. The third kappa shape index (κ3) is 3.34. The van der Waals surface area contributed by atoms with Crippen molar-refractivity contribution in [2.24, 2.45) is 5.73 Å². The number of nitrogens with two attached hydrogens (primary N) is 1. The molecule has 0 bridgehead atoms. The van der Waals surface area contributed by atoms with Gasteiger partial charge in [-0.2, -0.15) is 0 Å². The van der Waals surface area contributed by atoms with E-state index in [0.29, 0.717) is 17.4 Å². The second-order valence-corrected chi connectivity index (χ2v) is 5.19. The van der Waals surface area contributed by atoms with E-state index in [1.54, 1.807) is 6.20 Å². The van der Waals surface area contributed by atoms with Gasteiger partial charge in [0.25, 0.3) is 0 Å². The molecule has 1 saturated heterocycles. The van der Waals surface area contributed by atoms with Gasteiger partial charge in [0.15, 0.2) is 0 Å². The molecule has 1 aromatic rings. The molecule has 5 heteroatoms. The van der Waals surface area contributed by atoms with E-state index in [9.17, 15) is 0 Å². The summed E-state index contributed by atoms with van der Waals surface area (Å²) in [5.74, 6) is 0.589. The molecule has 0 aliphatic carbocycles. The Morgan fingerprint density at radius 1 is 1.44 bits per heavy atom. The number of pyridine rings is 1. The number of halogens is 1. The van der Waals surface area contributed by atoms with Gasteiger partial charge in [0, 0.05) is 31.6 Å².